The number of alkyl carbamates (subject to hydrolysis) is 1. The highest BCUT2D eigenvalue weighted by Crippen LogP contribution is 2.38. The summed E-state index contributed by atoms with van der Waals surface area (Å²) in [6.07, 6.45) is 0.0314. The van der Waals surface area contributed by atoms with Crippen LogP contribution < -0.4 is 10.6 Å². The highest BCUT2D eigenvalue weighted by molar-refractivity contribution is 6.74. The highest BCUT2D eigenvalue weighted by atomic mass is 28.4. The third-order valence-electron chi connectivity index (χ3n) is 8.65. The maximum atomic E-state index is 14.0. The zero-order valence-corrected chi connectivity index (χ0v) is 28.1. The first-order valence-corrected chi connectivity index (χ1v) is 18.5. The Balaban J connectivity index is 1.55. The molecular formula is C38H46N2O4Si. The number of ether oxygens (including phenoxy) is 1. The molecule has 0 aliphatic rings. The Labute approximate surface area is 269 Å². The van der Waals surface area contributed by atoms with E-state index in [0.717, 1.165) is 22.3 Å². The van der Waals surface area contributed by atoms with Crippen molar-refractivity contribution in [3.63, 3.8) is 0 Å². The van der Waals surface area contributed by atoms with Gasteiger partial charge in [-0.3, -0.25) is 4.79 Å². The smallest absolute Gasteiger partial charge is 0.407 e. The highest BCUT2D eigenvalue weighted by Gasteiger charge is 2.39. The molecule has 4 rings (SSSR count). The average Bonchev–Trinajstić information content (AvgIpc) is 3.05. The second kappa shape index (κ2) is 15.2. The minimum absolute atomic E-state index is 0.00337. The van der Waals surface area contributed by atoms with Crippen molar-refractivity contribution >= 4 is 20.3 Å². The van der Waals surface area contributed by atoms with E-state index in [1.165, 1.54) is 0 Å². The van der Waals surface area contributed by atoms with Crippen LogP contribution in [0.4, 0.5) is 4.79 Å². The Hall–Kier alpha value is -4.20. The van der Waals surface area contributed by atoms with E-state index in [2.05, 4.69) is 44.5 Å². The molecule has 0 saturated heterocycles. The second-order valence-corrected chi connectivity index (χ2v) is 17.7. The molecule has 2 amide bonds. The number of hydrogen-bond acceptors (Lipinski definition) is 4. The molecule has 2 N–H and O–H groups in total. The van der Waals surface area contributed by atoms with Gasteiger partial charge in [-0.1, -0.05) is 142 Å². The van der Waals surface area contributed by atoms with Crippen LogP contribution in [0.25, 0.3) is 0 Å². The van der Waals surface area contributed by atoms with Crippen LogP contribution in [0.3, 0.4) is 0 Å². The Bertz CT molecular complexity index is 1390. The Kier molecular flexibility index (Phi) is 11.4. The topological polar surface area (TPSA) is 76.7 Å². The van der Waals surface area contributed by atoms with E-state index in [9.17, 15) is 9.59 Å². The van der Waals surface area contributed by atoms with Crippen LogP contribution in [0.1, 0.15) is 55.9 Å². The molecule has 0 aromatic heterocycles. The van der Waals surface area contributed by atoms with Crippen molar-refractivity contribution < 1.29 is 18.8 Å². The fourth-order valence-corrected chi connectivity index (χ4v) is 6.06. The summed E-state index contributed by atoms with van der Waals surface area (Å²) in [5.74, 6) is -0.136. The number of carbonyl (C=O) groups excluding carboxylic acids is 2. The lowest BCUT2D eigenvalue weighted by Gasteiger charge is -2.38. The molecule has 0 radical (unpaired) electrons. The summed E-state index contributed by atoms with van der Waals surface area (Å²) >= 11 is 0. The molecule has 7 heteroatoms. The summed E-state index contributed by atoms with van der Waals surface area (Å²) in [7, 11) is -2.11. The molecule has 236 valence electrons. The predicted octanol–water partition coefficient (Wildman–Crippen LogP) is 8.19. The van der Waals surface area contributed by atoms with Gasteiger partial charge < -0.3 is 19.8 Å². The fourth-order valence-electron chi connectivity index (χ4n) is 5.01. The molecule has 0 heterocycles. The molecule has 0 bridgehead atoms. The molecule has 0 aliphatic carbocycles. The van der Waals surface area contributed by atoms with E-state index in [1.807, 2.05) is 121 Å². The van der Waals surface area contributed by atoms with Gasteiger partial charge in [0, 0.05) is 6.42 Å². The van der Waals surface area contributed by atoms with Crippen molar-refractivity contribution in [2.45, 2.75) is 69.9 Å². The summed E-state index contributed by atoms with van der Waals surface area (Å²) in [5.41, 5.74) is 2.86. The van der Waals surface area contributed by atoms with Crippen molar-refractivity contribution in [1.82, 2.24) is 10.6 Å². The monoisotopic (exact) mass is 622 g/mol. The van der Waals surface area contributed by atoms with Gasteiger partial charge in [0.2, 0.25) is 5.91 Å². The number of carbonyl (C=O) groups is 2. The van der Waals surface area contributed by atoms with Gasteiger partial charge in [-0.15, -0.1) is 0 Å². The van der Waals surface area contributed by atoms with Crippen LogP contribution in [0.5, 0.6) is 0 Å². The third-order valence-corrected chi connectivity index (χ3v) is 13.2. The molecule has 1 unspecified atom stereocenters. The zero-order chi connectivity index (χ0) is 32.3. The summed E-state index contributed by atoms with van der Waals surface area (Å²) in [6, 6.07) is 39.2. The second-order valence-electron chi connectivity index (χ2n) is 12.9. The van der Waals surface area contributed by atoms with E-state index in [-0.39, 0.29) is 24.0 Å². The quantitative estimate of drug-likeness (QED) is 0.116. The first-order chi connectivity index (χ1) is 21.5. The molecule has 4 aromatic carbocycles. The van der Waals surface area contributed by atoms with E-state index in [1.54, 1.807) is 0 Å². The maximum Gasteiger partial charge on any atom is 0.407 e. The molecule has 1 atom stereocenters. The summed E-state index contributed by atoms with van der Waals surface area (Å²) < 4.78 is 12.0. The minimum Gasteiger partial charge on any atom is -0.445 e. The number of rotatable bonds is 13. The molecule has 0 aliphatic heterocycles. The van der Waals surface area contributed by atoms with Crippen LogP contribution in [0.2, 0.25) is 18.1 Å². The lowest BCUT2D eigenvalue weighted by atomic mass is 9.77. The van der Waals surface area contributed by atoms with Crippen LogP contribution in [-0.4, -0.2) is 33.0 Å². The number of hydrogen-bond donors (Lipinski definition) is 2. The minimum atomic E-state index is -2.11. The fraction of sp³-hybridized carbons (Fsp3) is 0.316. The molecular weight excluding hydrogens is 577 g/mol. The number of nitrogens with one attached hydrogen (secondary N) is 2. The molecule has 6 nitrogen and oxygen atoms in total. The summed E-state index contributed by atoms with van der Waals surface area (Å²) in [5, 5.41) is 6.40. The van der Waals surface area contributed by atoms with E-state index < -0.39 is 26.0 Å². The first kappa shape index (κ1) is 33.7. The van der Waals surface area contributed by atoms with Crippen molar-refractivity contribution in [2.24, 2.45) is 0 Å². The lowest BCUT2D eigenvalue weighted by molar-refractivity contribution is -0.122. The van der Waals surface area contributed by atoms with Crippen molar-refractivity contribution in [3.05, 3.63) is 144 Å². The Morgan fingerprint density at radius 2 is 1.16 bits per heavy atom. The summed E-state index contributed by atoms with van der Waals surface area (Å²) in [4.78, 5) is 26.9. The van der Waals surface area contributed by atoms with Crippen LogP contribution in [0, 0.1) is 0 Å². The summed E-state index contributed by atoms with van der Waals surface area (Å²) in [6.45, 7) is 11.4. The van der Waals surface area contributed by atoms with Gasteiger partial charge in [0.25, 0.3) is 0 Å². The van der Waals surface area contributed by atoms with E-state index in [4.69, 9.17) is 9.16 Å². The largest absolute Gasteiger partial charge is 0.445 e. The van der Waals surface area contributed by atoms with Gasteiger partial charge in [0.05, 0.1) is 12.6 Å². The standard InChI is InChI=1S/C38H46N2O4Si/c1-37(2,3)45(4,5)44-29-34(39-36(42)43-28-30-18-10-6-11-19-30)26-27-35(41)40-38(31-20-12-7-13-21-31,32-22-14-8-15-23-32)33-24-16-9-17-25-33/h6-25,34H,26-29H2,1-5H3,(H,39,42)(H,40,41). The zero-order valence-electron chi connectivity index (χ0n) is 27.1. The van der Waals surface area contributed by atoms with Gasteiger partial charge >= 0.3 is 6.09 Å². The van der Waals surface area contributed by atoms with Gasteiger partial charge in [-0.25, -0.2) is 4.79 Å². The molecule has 0 spiro atoms. The Morgan fingerprint density at radius 1 is 0.711 bits per heavy atom. The predicted molar refractivity (Wildman–Crippen MR) is 183 cm³/mol. The van der Waals surface area contributed by atoms with Gasteiger partial charge in [-0.05, 0) is 46.8 Å². The van der Waals surface area contributed by atoms with E-state index in [0.29, 0.717) is 13.0 Å². The number of amides is 2. The van der Waals surface area contributed by atoms with E-state index >= 15 is 0 Å². The molecule has 4 aromatic rings. The van der Waals surface area contributed by atoms with Crippen molar-refractivity contribution in [3.8, 4) is 0 Å². The Morgan fingerprint density at radius 3 is 1.60 bits per heavy atom. The first-order valence-electron chi connectivity index (χ1n) is 15.6. The van der Waals surface area contributed by atoms with Crippen molar-refractivity contribution in [2.75, 3.05) is 6.61 Å². The third kappa shape index (κ3) is 8.93. The maximum absolute atomic E-state index is 14.0. The van der Waals surface area contributed by atoms with Crippen LogP contribution in [0.15, 0.2) is 121 Å². The van der Waals surface area contributed by atoms with Gasteiger partial charge in [0.1, 0.15) is 12.1 Å². The average molecular weight is 623 g/mol. The molecule has 0 saturated carbocycles. The van der Waals surface area contributed by atoms with Crippen LogP contribution in [-0.2, 0) is 26.1 Å². The molecule has 45 heavy (non-hydrogen) atoms. The lowest BCUT2D eigenvalue weighted by Crippen LogP contribution is -2.49. The van der Waals surface area contributed by atoms with Crippen molar-refractivity contribution in [1.29, 1.82) is 0 Å². The number of benzene rings is 4. The van der Waals surface area contributed by atoms with Gasteiger partial charge in [0.15, 0.2) is 8.32 Å². The SMILES string of the molecule is CC(C)(C)[Si](C)(C)OCC(CCC(=O)NC(c1ccccc1)(c1ccccc1)c1ccccc1)NC(=O)OCc1ccccc1. The van der Waals surface area contributed by atoms with Crippen LogP contribution >= 0.6 is 0 Å². The normalized spacial score (nSPS) is 12.6. The molecule has 0 fully saturated rings. The van der Waals surface area contributed by atoms with Gasteiger partial charge in [-0.2, -0.15) is 0 Å².